The fourth-order valence-corrected chi connectivity index (χ4v) is 3.19. The molecule has 0 spiro atoms. The van der Waals surface area contributed by atoms with E-state index in [1.807, 2.05) is 11.8 Å². The Labute approximate surface area is 126 Å². The zero-order chi connectivity index (χ0) is 15.6. The number of nitrogens with zero attached hydrogens (tertiary/aromatic N) is 1. The van der Waals surface area contributed by atoms with Crippen LogP contribution in [0.15, 0.2) is 23.1 Å². The second kappa shape index (κ2) is 6.15. The Kier molecular flexibility index (Phi) is 4.68. The van der Waals surface area contributed by atoms with Crippen molar-refractivity contribution in [2.45, 2.75) is 38.0 Å². The molecule has 1 saturated carbocycles. The summed E-state index contributed by atoms with van der Waals surface area (Å²) in [7, 11) is -3.81. The third-order valence-electron chi connectivity index (χ3n) is 3.70. The van der Waals surface area contributed by atoms with Crippen molar-refractivity contribution in [2.75, 3.05) is 13.1 Å². The Balaban J connectivity index is 2.28. The average Bonchev–Trinajstić information content (AvgIpc) is 3.20. The third-order valence-corrected chi connectivity index (χ3v) is 4.75. The number of rotatable bonds is 6. The SMILES string of the molecule is CCCN(CC1CC1)C(=O)c1ccc(C)c(S(N)(=O)=O)c1. The molecule has 1 aliphatic rings. The third kappa shape index (κ3) is 4.04. The van der Waals surface area contributed by atoms with Crippen LogP contribution in [-0.4, -0.2) is 32.3 Å². The summed E-state index contributed by atoms with van der Waals surface area (Å²) >= 11 is 0. The molecule has 0 aliphatic heterocycles. The van der Waals surface area contributed by atoms with Crippen molar-refractivity contribution < 1.29 is 13.2 Å². The van der Waals surface area contributed by atoms with Gasteiger partial charge < -0.3 is 4.90 Å². The lowest BCUT2D eigenvalue weighted by atomic mass is 10.1. The van der Waals surface area contributed by atoms with E-state index >= 15 is 0 Å². The first-order chi connectivity index (χ1) is 9.82. The summed E-state index contributed by atoms with van der Waals surface area (Å²) in [6.45, 7) is 5.14. The van der Waals surface area contributed by atoms with Crippen molar-refractivity contribution in [1.29, 1.82) is 0 Å². The molecule has 5 nitrogen and oxygen atoms in total. The number of sulfonamides is 1. The largest absolute Gasteiger partial charge is 0.338 e. The maximum absolute atomic E-state index is 12.6. The number of nitrogens with two attached hydrogens (primary N) is 1. The molecule has 0 bridgehead atoms. The Bertz CT molecular complexity index is 636. The summed E-state index contributed by atoms with van der Waals surface area (Å²) in [6.07, 6.45) is 3.22. The molecule has 116 valence electrons. The van der Waals surface area contributed by atoms with Gasteiger partial charge in [-0.2, -0.15) is 0 Å². The van der Waals surface area contributed by atoms with Crippen LogP contribution in [-0.2, 0) is 10.0 Å². The van der Waals surface area contributed by atoms with Gasteiger partial charge in [0.15, 0.2) is 0 Å². The van der Waals surface area contributed by atoms with E-state index in [4.69, 9.17) is 5.14 Å². The second-order valence-corrected chi connectivity index (χ2v) is 7.25. The minimum Gasteiger partial charge on any atom is -0.338 e. The maximum atomic E-state index is 12.6. The zero-order valence-corrected chi connectivity index (χ0v) is 13.3. The molecule has 1 fully saturated rings. The first kappa shape index (κ1) is 16.0. The van der Waals surface area contributed by atoms with Crippen LogP contribution in [0.4, 0.5) is 0 Å². The van der Waals surface area contributed by atoms with Crippen molar-refractivity contribution in [1.82, 2.24) is 4.90 Å². The summed E-state index contributed by atoms with van der Waals surface area (Å²) in [5, 5.41) is 5.20. The van der Waals surface area contributed by atoms with Crippen molar-refractivity contribution in [3.63, 3.8) is 0 Å². The van der Waals surface area contributed by atoms with Gasteiger partial charge in [0.25, 0.3) is 5.91 Å². The Morgan fingerprint density at radius 3 is 2.57 bits per heavy atom. The molecular formula is C15H22N2O3S. The van der Waals surface area contributed by atoms with Crippen LogP contribution in [0.5, 0.6) is 0 Å². The predicted octanol–water partition coefficient (Wildman–Crippen LogP) is 1.90. The number of aryl methyl sites for hydroxylation is 1. The molecule has 2 rings (SSSR count). The molecular weight excluding hydrogens is 288 g/mol. The highest BCUT2D eigenvalue weighted by molar-refractivity contribution is 7.89. The second-order valence-electron chi connectivity index (χ2n) is 5.72. The van der Waals surface area contributed by atoms with Crippen molar-refractivity contribution >= 4 is 15.9 Å². The Morgan fingerprint density at radius 1 is 1.38 bits per heavy atom. The number of primary sulfonamides is 1. The average molecular weight is 310 g/mol. The Hall–Kier alpha value is -1.40. The monoisotopic (exact) mass is 310 g/mol. The first-order valence-electron chi connectivity index (χ1n) is 7.25. The predicted molar refractivity (Wildman–Crippen MR) is 81.5 cm³/mol. The van der Waals surface area contributed by atoms with Crippen LogP contribution in [0.25, 0.3) is 0 Å². The fraction of sp³-hybridized carbons (Fsp3) is 0.533. The van der Waals surface area contributed by atoms with E-state index in [0.717, 1.165) is 13.0 Å². The van der Waals surface area contributed by atoms with Gasteiger partial charge in [0.2, 0.25) is 10.0 Å². The molecule has 0 radical (unpaired) electrons. The van der Waals surface area contributed by atoms with E-state index in [2.05, 4.69) is 0 Å². The van der Waals surface area contributed by atoms with Crippen LogP contribution >= 0.6 is 0 Å². The first-order valence-corrected chi connectivity index (χ1v) is 8.80. The molecule has 1 aromatic carbocycles. The van der Waals surface area contributed by atoms with Crippen molar-refractivity contribution in [2.24, 2.45) is 11.1 Å². The van der Waals surface area contributed by atoms with E-state index in [0.29, 0.717) is 23.6 Å². The highest BCUT2D eigenvalue weighted by Crippen LogP contribution is 2.30. The van der Waals surface area contributed by atoms with Crippen LogP contribution < -0.4 is 5.14 Å². The van der Waals surface area contributed by atoms with Gasteiger partial charge in [0, 0.05) is 18.7 Å². The molecule has 0 atom stereocenters. The minimum atomic E-state index is -3.81. The molecule has 6 heteroatoms. The number of carbonyl (C=O) groups excluding carboxylic acids is 1. The van der Waals surface area contributed by atoms with Gasteiger partial charge in [-0.15, -0.1) is 0 Å². The van der Waals surface area contributed by atoms with Crippen molar-refractivity contribution in [3.8, 4) is 0 Å². The van der Waals surface area contributed by atoms with Gasteiger partial charge in [-0.05, 0) is 49.8 Å². The molecule has 2 N–H and O–H groups in total. The Morgan fingerprint density at radius 2 is 2.05 bits per heavy atom. The van der Waals surface area contributed by atoms with E-state index in [1.54, 1.807) is 19.1 Å². The molecule has 0 aromatic heterocycles. The quantitative estimate of drug-likeness (QED) is 0.871. The van der Waals surface area contributed by atoms with Crippen LogP contribution in [0.1, 0.15) is 42.1 Å². The minimum absolute atomic E-state index is 0.0243. The lowest BCUT2D eigenvalue weighted by molar-refractivity contribution is 0.0747. The van der Waals surface area contributed by atoms with Gasteiger partial charge in [-0.3, -0.25) is 4.79 Å². The van der Waals surface area contributed by atoms with Gasteiger partial charge in [0.1, 0.15) is 0 Å². The van der Waals surface area contributed by atoms with Gasteiger partial charge in [0.05, 0.1) is 4.90 Å². The lowest BCUT2D eigenvalue weighted by Crippen LogP contribution is -2.33. The van der Waals surface area contributed by atoms with Gasteiger partial charge in [-0.25, -0.2) is 13.6 Å². The fourth-order valence-electron chi connectivity index (χ4n) is 2.38. The van der Waals surface area contributed by atoms with Crippen LogP contribution in [0.3, 0.4) is 0 Å². The van der Waals surface area contributed by atoms with E-state index in [9.17, 15) is 13.2 Å². The summed E-state index contributed by atoms with van der Waals surface area (Å²) in [5.74, 6) is 0.484. The molecule has 1 aromatic rings. The summed E-state index contributed by atoms with van der Waals surface area (Å²) in [5.41, 5.74) is 0.942. The molecule has 0 saturated heterocycles. The van der Waals surface area contributed by atoms with Crippen LogP contribution in [0.2, 0.25) is 0 Å². The summed E-state index contributed by atoms with van der Waals surface area (Å²) in [6, 6.07) is 4.69. The normalized spacial score (nSPS) is 15.0. The molecule has 21 heavy (non-hydrogen) atoms. The van der Waals surface area contributed by atoms with Crippen LogP contribution in [0, 0.1) is 12.8 Å². The van der Waals surface area contributed by atoms with Gasteiger partial charge in [-0.1, -0.05) is 13.0 Å². The summed E-state index contributed by atoms with van der Waals surface area (Å²) < 4.78 is 23.1. The zero-order valence-electron chi connectivity index (χ0n) is 12.5. The van der Waals surface area contributed by atoms with Crippen molar-refractivity contribution in [3.05, 3.63) is 29.3 Å². The number of carbonyl (C=O) groups is 1. The molecule has 0 heterocycles. The number of amides is 1. The summed E-state index contributed by atoms with van der Waals surface area (Å²) in [4.78, 5) is 14.4. The lowest BCUT2D eigenvalue weighted by Gasteiger charge is -2.22. The molecule has 1 amide bonds. The topological polar surface area (TPSA) is 80.5 Å². The van der Waals surface area contributed by atoms with E-state index < -0.39 is 10.0 Å². The molecule has 1 aliphatic carbocycles. The maximum Gasteiger partial charge on any atom is 0.253 e. The molecule has 0 unspecified atom stereocenters. The van der Waals surface area contributed by atoms with E-state index in [-0.39, 0.29) is 10.8 Å². The highest BCUT2D eigenvalue weighted by Gasteiger charge is 2.27. The van der Waals surface area contributed by atoms with E-state index in [1.165, 1.54) is 18.9 Å². The number of benzene rings is 1. The smallest absolute Gasteiger partial charge is 0.253 e. The number of hydrogen-bond donors (Lipinski definition) is 1. The number of hydrogen-bond acceptors (Lipinski definition) is 3. The standard InChI is InChI=1S/C15H22N2O3S/c1-3-8-17(10-12-5-6-12)15(18)13-7-4-11(2)14(9-13)21(16,19)20/h4,7,9,12H,3,5-6,8,10H2,1-2H3,(H2,16,19,20). The highest BCUT2D eigenvalue weighted by atomic mass is 32.2. The van der Waals surface area contributed by atoms with Gasteiger partial charge >= 0.3 is 0 Å².